The number of halogens is 1. The highest BCUT2D eigenvalue weighted by atomic mass is 35.5. The van der Waals surface area contributed by atoms with Crippen LogP contribution in [0.25, 0.3) is 0 Å². The number of nitrogens with zero attached hydrogens (tertiary/aromatic N) is 2. The van der Waals surface area contributed by atoms with E-state index in [1.807, 2.05) is 42.5 Å². The normalized spacial score (nSPS) is 17.8. The number of β-amino-alcohol motifs (C(OH)–C–C–N with tert-alkyl or cyclic N) is 1. The van der Waals surface area contributed by atoms with Crippen molar-refractivity contribution in [3.63, 3.8) is 0 Å². The molecule has 0 radical (unpaired) electrons. The Labute approximate surface area is 147 Å². The summed E-state index contributed by atoms with van der Waals surface area (Å²) in [5, 5.41) is 20.6. The lowest BCUT2D eigenvalue weighted by atomic mass is 10.1. The van der Waals surface area contributed by atoms with Crippen molar-refractivity contribution in [1.82, 2.24) is 9.80 Å². The molecule has 0 bridgehead atoms. The molecule has 1 atom stereocenters. The Hall–Kier alpha value is -1.59. The van der Waals surface area contributed by atoms with Gasteiger partial charge in [0, 0.05) is 44.3 Å². The molecule has 2 N–H and O–H groups in total. The number of piperazine rings is 1. The van der Waals surface area contributed by atoms with Gasteiger partial charge in [0.25, 0.3) is 0 Å². The minimum absolute atomic E-state index is 0.316. The van der Waals surface area contributed by atoms with Crippen molar-refractivity contribution in [2.75, 3.05) is 32.7 Å². The fourth-order valence-corrected chi connectivity index (χ4v) is 3.31. The smallest absolute Gasteiger partial charge is 0.115 e. The summed E-state index contributed by atoms with van der Waals surface area (Å²) in [6.07, 6.45) is -0.513. The van der Waals surface area contributed by atoms with E-state index in [4.69, 9.17) is 11.6 Å². The van der Waals surface area contributed by atoms with E-state index in [-0.39, 0.29) is 0 Å². The number of phenolic OH excluding ortho intramolecular Hbond substituents is 1. The van der Waals surface area contributed by atoms with Gasteiger partial charge in [0.2, 0.25) is 0 Å². The average molecular weight is 347 g/mol. The van der Waals surface area contributed by atoms with Crippen molar-refractivity contribution in [1.29, 1.82) is 0 Å². The Kier molecular flexibility index (Phi) is 5.74. The van der Waals surface area contributed by atoms with Gasteiger partial charge in [-0.1, -0.05) is 35.9 Å². The number of benzene rings is 2. The largest absolute Gasteiger partial charge is 0.508 e. The molecule has 1 aliphatic heterocycles. The lowest BCUT2D eigenvalue weighted by Crippen LogP contribution is -2.47. The van der Waals surface area contributed by atoms with Gasteiger partial charge in [0.1, 0.15) is 5.75 Å². The van der Waals surface area contributed by atoms with Gasteiger partial charge in [-0.2, -0.15) is 0 Å². The highest BCUT2D eigenvalue weighted by Gasteiger charge is 2.20. The summed E-state index contributed by atoms with van der Waals surface area (Å²) in [7, 11) is 0. The summed E-state index contributed by atoms with van der Waals surface area (Å²) in [5.74, 6) is 0.316. The molecule has 0 spiro atoms. The average Bonchev–Trinajstić information content (AvgIpc) is 2.57. The van der Waals surface area contributed by atoms with Crippen LogP contribution in [-0.4, -0.2) is 52.7 Å². The van der Waals surface area contributed by atoms with E-state index in [1.165, 1.54) is 0 Å². The fraction of sp³-hybridized carbons (Fsp3) is 0.368. The summed E-state index contributed by atoms with van der Waals surface area (Å²) in [4.78, 5) is 4.65. The van der Waals surface area contributed by atoms with Gasteiger partial charge in [-0.15, -0.1) is 0 Å². The second-order valence-corrected chi connectivity index (χ2v) is 6.75. The first-order valence-corrected chi connectivity index (χ1v) is 8.64. The minimum Gasteiger partial charge on any atom is -0.508 e. The molecule has 128 valence electrons. The summed E-state index contributed by atoms with van der Waals surface area (Å²) in [5.41, 5.74) is 1.99. The molecular formula is C19H23ClN2O2. The fourth-order valence-electron chi connectivity index (χ4n) is 3.11. The highest BCUT2D eigenvalue weighted by molar-refractivity contribution is 6.30. The lowest BCUT2D eigenvalue weighted by molar-refractivity contribution is 0.0701. The van der Waals surface area contributed by atoms with E-state index in [0.717, 1.165) is 43.9 Å². The van der Waals surface area contributed by atoms with Crippen LogP contribution in [0.2, 0.25) is 5.02 Å². The van der Waals surface area contributed by atoms with Gasteiger partial charge in [-0.3, -0.25) is 9.80 Å². The zero-order valence-electron chi connectivity index (χ0n) is 13.6. The van der Waals surface area contributed by atoms with Crippen molar-refractivity contribution in [3.8, 4) is 5.75 Å². The Balaban J connectivity index is 1.48. The first kappa shape index (κ1) is 17.2. The van der Waals surface area contributed by atoms with E-state index in [0.29, 0.717) is 17.3 Å². The maximum Gasteiger partial charge on any atom is 0.115 e. The Bertz CT molecular complexity index is 672. The van der Waals surface area contributed by atoms with Crippen molar-refractivity contribution < 1.29 is 10.2 Å². The monoisotopic (exact) mass is 346 g/mol. The number of hydrogen-bond donors (Lipinski definition) is 2. The first-order valence-electron chi connectivity index (χ1n) is 8.26. The van der Waals surface area contributed by atoms with Gasteiger partial charge in [0.15, 0.2) is 0 Å². The zero-order chi connectivity index (χ0) is 16.9. The van der Waals surface area contributed by atoms with Gasteiger partial charge in [0.05, 0.1) is 6.10 Å². The van der Waals surface area contributed by atoms with E-state index in [1.54, 1.807) is 6.07 Å². The molecule has 1 fully saturated rings. The molecule has 24 heavy (non-hydrogen) atoms. The predicted octanol–water partition coefficient (Wildman–Crippen LogP) is 2.90. The molecule has 1 unspecified atom stereocenters. The van der Waals surface area contributed by atoms with Crippen LogP contribution in [-0.2, 0) is 6.54 Å². The van der Waals surface area contributed by atoms with Gasteiger partial charge < -0.3 is 10.2 Å². The lowest BCUT2D eigenvalue weighted by Gasteiger charge is -2.35. The number of aliphatic hydroxyl groups is 1. The topological polar surface area (TPSA) is 46.9 Å². The van der Waals surface area contributed by atoms with Gasteiger partial charge in [-0.05, 0) is 35.4 Å². The summed E-state index contributed by atoms with van der Waals surface area (Å²) >= 11 is 5.99. The van der Waals surface area contributed by atoms with Gasteiger partial charge >= 0.3 is 0 Å². The van der Waals surface area contributed by atoms with Crippen LogP contribution >= 0.6 is 11.6 Å². The third-order valence-corrected chi connectivity index (χ3v) is 4.68. The second-order valence-electron chi connectivity index (χ2n) is 6.32. The molecule has 0 aliphatic carbocycles. The number of phenols is 1. The van der Waals surface area contributed by atoms with Crippen LogP contribution in [0.5, 0.6) is 5.75 Å². The van der Waals surface area contributed by atoms with E-state index in [2.05, 4.69) is 9.80 Å². The third kappa shape index (κ3) is 4.71. The molecule has 5 heteroatoms. The molecule has 0 saturated carbocycles. The van der Waals surface area contributed by atoms with Crippen molar-refractivity contribution in [2.45, 2.75) is 12.6 Å². The minimum atomic E-state index is -0.513. The number of aliphatic hydroxyl groups excluding tert-OH is 1. The standard InChI is InChI=1S/C19H23ClN2O2/c20-17-5-2-4-16(12-17)19(24)14-22-9-7-21(8-10-22)13-15-3-1-6-18(23)11-15/h1-6,11-12,19,23-24H,7-10,13-14H2. The summed E-state index contributed by atoms with van der Waals surface area (Å²) in [6, 6.07) is 14.8. The van der Waals surface area contributed by atoms with Crippen LogP contribution in [0.15, 0.2) is 48.5 Å². The van der Waals surface area contributed by atoms with Crippen LogP contribution in [0, 0.1) is 0 Å². The highest BCUT2D eigenvalue weighted by Crippen LogP contribution is 2.20. The van der Waals surface area contributed by atoms with Crippen molar-refractivity contribution in [3.05, 3.63) is 64.7 Å². The quantitative estimate of drug-likeness (QED) is 0.874. The van der Waals surface area contributed by atoms with Crippen molar-refractivity contribution in [2.24, 2.45) is 0 Å². The van der Waals surface area contributed by atoms with Crippen molar-refractivity contribution >= 4 is 11.6 Å². The third-order valence-electron chi connectivity index (χ3n) is 4.45. The van der Waals surface area contributed by atoms with E-state index >= 15 is 0 Å². The van der Waals surface area contributed by atoms with E-state index in [9.17, 15) is 10.2 Å². The van der Waals surface area contributed by atoms with Crippen LogP contribution in [0.1, 0.15) is 17.2 Å². The molecule has 0 amide bonds. The summed E-state index contributed by atoms with van der Waals surface area (Å²) in [6.45, 7) is 5.24. The number of rotatable bonds is 5. The van der Waals surface area contributed by atoms with Crippen LogP contribution in [0.4, 0.5) is 0 Å². The van der Waals surface area contributed by atoms with Crippen LogP contribution in [0.3, 0.4) is 0 Å². The molecule has 3 rings (SSSR count). The SMILES string of the molecule is Oc1cccc(CN2CCN(CC(O)c3cccc(Cl)c3)CC2)c1. The Morgan fingerprint density at radius 3 is 2.38 bits per heavy atom. The maximum atomic E-state index is 10.4. The Morgan fingerprint density at radius 1 is 0.958 bits per heavy atom. The van der Waals surface area contributed by atoms with E-state index < -0.39 is 6.10 Å². The molecule has 0 aromatic heterocycles. The number of hydrogen-bond acceptors (Lipinski definition) is 4. The zero-order valence-corrected chi connectivity index (χ0v) is 14.4. The molecule has 1 aliphatic rings. The molecule has 1 saturated heterocycles. The second kappa shape index (κ2) is 7.99. The molecule has 4 nitrogen and oxygen atoms in total. The summed E-state index contributed by atoms with van der Waals surface area (Å²) < 4.78 is 0. The molecule has 1 heterocycles. The van der Waals surface area contributed by atoms with Gasteiger partial charge in [-0.25, -0.2) is 0 Å². The number of aromatic hydroxyl groups is 1. The molecule has 2 aromatic rings. The predicted molar refractivity (Wildman–Crippen MR) is 96.2 cm³/mol. The molecular weight excluding hydrogens is 324 g/mol. The first-order chi connectivity index (χ1) is 11.6. The molecule has 2 aromatic carbocycles. The Morgan fingerprint density at radius 2 is 1.67 bits per heavy atom. The van der Waals surface area contributed by atoms with Crippen LogP contribution < -0.4 is 0 Å². The maximum absolute atomic E-state index is 10.4.